The zero-order valence-corrected chi connectivity index (χ0v) is 12.8. The minimum atomic E-state index is 0.00392. The molecular weight excluding hydrogens is 356 g/mol. The molecule has 0 fully saturated rings. The third kappa shape index (κ3) is 3.10. The van der Waals surface area contributed by atoms with E-state index in [9.17, 15) is 5.11 Å². The Morgan fingerprint density at radius 3 is 2.17 bits per heavy atom. The van der Waals surface area contributed by atoms with Gasteiger partial charge >= 0.3 is 0 Å². The van der Waals surface area contributed by atoms with Gasteiger partial charge in [0.1, 0.15) is 0 Å². The number of aliphatic hydroxyl groups is 1. The Bertz CT molecular complexity index is 576. The van der Waals surface area contributed by atoms with Crippen LogP contribution in [0.5, 0.6) is 0 Å². The van der Waals surface area contributed by atoms with Gasteiger partial charge in [-0.05, 0) is 34.9 Å². The van der Waals surface area contributed by atoms with Crippen molar-refractivity contribution in [3.8, 4) is 0 Å². The first-order chi connectivity index (χ1) is 8.72. The Hall–Kier alpha value is -0.900. The first kappa shape index (κ1) is 13.5. The molecule has 0 aromatic heterocycles. The van der Waals surface area contributed by atoms with Crippen LogP contribution in [0.3, 0.4) is 0 Å². The quantitative estimate of drug-likeness (QED) is 0.776. The molecular formula is C15H12Br2O. The van der Waals surface area contributed by atoms with Crippen molar-refractivity contribution in [2.24, 2.45) is 0 Å². The van der Waals surface area contributed by atoms with E-state index in [0.717, 1.165) is 25.6 Å². The summed E-state index contributed by atoms with van der Waals surface area (Å²) >= 11 is 7.01. The van der Waals surface area contributed by atoms with Crippen molar-refractivity contribution in [3.63, 3.8) is 0 Å². The fourth-order valence-corrected chi connectivity index (χ4v) is 2.65. The Balaban J connectivity index is 2.47. The summed E-state index contributed by atoms with van der Waals surface area (Å²) < 4.78 is 2.00. The highest BCUT2D eigenvalue weighted by molar-refractivity contribution is 9.10. The van der Waals surface area contributed by atoms with E-state index in [0.29, 0.717) is 0 Å². The topological polar surface area (TPSA) is 20.2 Å². The molecule has 0 unspecified atom stereocenters. The van der Waals surface area contributed by atoms with Gasteiger partial charge in [-0.1, -0.05) is 68.3 Å². The van der Waals surface area contributed by atoms with Crippen molar-refractivity contribution >= 4 is 43.5 Å². The van der Waals surface area contributed by atoms with Crippen molar-refractivity contribution in [3.05, 3.63) is 68.6 Å². The number of benzene rings is 2. The number of rotatable bonds is 3. The molecule has 0 atom stereocenters. The lowest BCUT2D eigenvalue weighted by Crippen LogP contribution is -1.92. The Labute approximate surface area is 123 Å². The van der Waals surface area contributed by atoms with Crippen LogP contribution < -0.4 is 0 Å². The Kier molecular flexibility index (Phi) is 4.75. The van der Waals surface area contributed by atoms with Crippen molar-refractivity contribution in [1.82, 2.24) is 0 Å². The summed E-state index contributed by atoms with van der Waals surface area (Å²) in [6, 6.07) is 15.8. The van der Waals surface area contributed by atoms with Crippen LogP contribution in [0.4, 0.5) is 0 Å². The van der Waals surface area contributed by atoms with E-state index >= 15 is 0 Å². The van der Waals surface area contributed by atoms with E-state index < -0.39 is 0 Å². The Morgan fingerprint density at radius 2 is 1.56 bits per heavy atom. The Morgan fingerprint density at radius 1 is 0.944 bits per heavy atom. The summed E-state index contributed by atoms with van der Waals surface area (Å²) in [5, 5.41) is 9.55. The summed E-state index contributed by atoms with van der Waals surface area (Å²) in [7, 11) is 0. The van der Waals surface area contributed by atoms with Crippen molar-refractivity contribution < 1.29 is 5.11 Å². The van der Waals surface area contributed by atoms with Crippen LogP contribution in [-0.4, -0.2) is 11.7 Å². The maximum absolute atomic E-state index is 9.55. The second-order valence-electron chi connectivity index (χ2n) is 3.83. The van der Waals surface area contributed by atoms with Gasteiger partial charge in [-0.15, -0.1) is 0 Å². The lowest BCUT2D eigenvalue weighted by molar-refractivity contribution is 0.350. The van der Waals surface area contributed by atoms with Gasteiger partial charge in [0.15, 0.2) is 0 Å². The molecule has 2 aromatic rings. The highest BCUT2D eigenvalue weighted by atomic mass is 79.9. The molecule has 2 aromatic carbocycles. The van der Waals surface area contributed by atoms with Crippen LogP contribution in [0.25, 0.3) is 11.6 Å². The van der Waals surface area contributed by atoms with Gasteiger partial charge in [0.25, 0.3) is 0 Å². The molecule has 1 nitrogen and oxygen atoms in total. The number of halogens is 2. The third-order valence-electron chi connectivity index (χ3n) is 2.63. The molecule has 0 saturated heterocycles. The molecule has 92 valence electrons. The summed E-state index contributed by atoms with van der Waals surface area (Å²) in [5.41, 5.74) is 2.95. The van der Waals surface area contributed by atoms with Crippen molar-refractivity contribution in [2.75, 3.05) is 6.61 Å². The minimum absolute atomic E-state index is 0.00392. The molecule has 0 radical (unpaired) electrons. The van der Waals surface area contributed by atoms with E-state index in [1.54, 1.807) is 0 Å². The van der Waals surface area contributed by atoms with Crippen LogP contribution >= 0.6 is 31.9 Å². The lowest BCUT2D eigenvalue weighted by Gasteiger charge is -2.08. The fraction of sp³-hybridized carbons (Fsp3) is 0.0667. The number of hydrogen-bond acceptors (Lipinski definition) is 1. The third-order valence-corrected chi connectivity index (χ3v) is 4.04. The average Bonchev–Trinajstić information content (AvgIpc) is 2.39. The molecule has 0 saturated carbocycles. The fourth-order valence-electron chi connectivity index (χ4n) is 1.71. The molecule has 0 spiro atoms. The van der Waals surface area contributed by atoms with E-state index in [1.807, 2.05) is 54.6 Å². The van der Waals surface area contributed by atoms with Gasteiger partial charge in [-0.25, -0.2) is 0 Å². The second kappa shape index (κ2) is 6.32. The highest BCUT2D eigenvalue weighted by Crippen LogP contribution is 2.27. The summed E-state index contributed by atoms with van der Waals surface area (Å²) in [6.45, 7) is 0.00392. The van der Waals surface area contributed by atoms with Gasteiger partial charge in [0.2, 0.25) is 0 Å². The molecule has 1 N–H and O–H groups in total. The van der Waals surface area contributed by atoms with E-state index in [1.165, 1.54) is 0 Å². The summed E-state index contributed by atoms with van der Waals surface area (Å²) in [6.07, 6.45) is 1.99. The zero-order valence-electron chi connectivity index (χ0n) is 9.61. The zero-order chi connectivity index (χ0) is 13.0. The molecule has 0 amide bonds. The average molecular weight is 368 g/mol. The van der Waals surface area contributed by atoms with Crippen LogP contribution in [0.15, 0.2) is 57.5 Å². The smallest absolute Gasteiger partial charge is 0.0688 e. The van der Waals surface area contributed by atoms with E-state index in [2.05, 4.69) is 31.9 Å². The predicted octanol–water partition coefficient (Wildman–Crippen LogP) is 4.74. The molecule has 2 rings (SSSR count). The maximum Gasteiger partial charge on any atom is 0.0688 e. The van der Waals surface area contributed by atoms with Crippen LogP contribution in [0.1, 0.15) is 11.1 Å². The second-order valence-corrected chi connectivity index (χ2v) is 5.54. The summed E-state index contributed by atoms with van der Waals surface area (Å²) in [5.74, 6) is 0. The highest BCUT2D eigenvalue weighted by Gasteiger charge is 2.05. The van der Waals surface area contributed by atoms with E-state index in [4.69, 9.17) is 0 Å². The van der Waals surface area contributed by atoms with Crippen LogP contribution in [-0.2, 0) is 0 Å². The summed E-state index contributed by atoms with van der Waals surface area (Å²) in [4.78, 5) is 0. The largest absolute Gasteiger partial charge is 0.392 e. The van der Waals surface area contributed by atoms with Gasteiger partial charge in [0.05, 0.1) is 6.61 Å². The lowest BCUT2D eigenvalue weighted by atomic mass is 10.0. The van der Waals surface area contributed by atoms with Crippen molar-refractivity contribution in [2.45, 2.75) is 0 Å². The van der Waals surface area contributed by atoms with E-state index in [-0.39, 0.29) is 6.61 Å². The molecule has 0 aliphatic rings. The molecule has 0 heterocycles. The normalized spacial score (nSPS) is 11.6. The first-order valence-electron chi connectivity index (χ1n) is 5.53. The monoisotopic (exact) mass is 366 g/mol. The van der Waals surface area contributed by atoms with Gasteiger partial charge < -0.3 is 5.11 Å². The standard InChI is InChI=1S/C15H12Br2O/c16-14-7-3-1-5-11(14)9-12(10-18)13-6-2-4-8-15(13)17/h1-9,18H,10H2/b12-9+. The first-order valence-corrected chi connectivity index (χ1v) is 7.12. The van der Waals surface area contributed by atoms with Gasteiger partial charge in [0, 0.05) is 8.95 Å². The SMILES string of the molecule is OC/C(=C\c1ccccc1Br)c1ccccc1Br. The van der Waals surface area contributed by atoms with Gasteiger partial charge in [-0.2, -0.15) is 0 Å². The number of hydrogen-bond donors (Lipinski definition) is 1. The minimum Gasteiger partial charge on any atom is -0.392 e. The van der Waals surface area contributed by atoms with Gasteiger partial charge in [-0.3, -0.25) is 0 Å². The molecule has 0 aliphatic carbocycles. The molecule has 0 bridgehead atoms. The van der Waals surface area contributed by atoms with Crippen LogP contribution in [0, 0.1) is 0 Å². The maximum atomic E-state index is 9.55. The van der Waals surface area contributed by atoms with Crippen LogP contribution in [0.2, 0.25) is 0 Å². The predicted molar refractivity (Wildman–Crippen MR) is 83.2 cm³/mol. The van der Waals surface area contributed by atoms with Crippen molar-refractivity contribution in [1.29, 1.82) is 0 Å². The number of aliphatic hydroxyl groups excluding tert-OH is 1. The molecule has 3 heteroatoms. The molecule has 0 aliphatic heterocycles. The molecule has 18 heavy (non-hydrogen) atoms.